The molecular formula is C9H10ClFO. The largest absolute Gasteiger partial charge is 0.490 e. The van der Waals surface area contributed by atoms with Crippen LogP contribution in [0.4, 0.5) is 4.39 Å². The van der Waals surface area contributed by atoms with E-state index in [1.54, 1.807) is 12.1 Å². The summed E-state index contributed by atoms with van der Waals surface area (Å²) in [5.74, 6) is -0.253. The minimum absolute atomic E-state index is 0.101. The molecule has 1 aromatic carbocycles. The Morgan fingerprint density at radius 2 is 2.25 bits per heavy atom. The summed E-state index contributed by atoms with van der Waals surface area (Å²) in [5.41, 5.74) is 0. The minimum atomic E-state index is -0.479. The fraction of sp³-hybridized carbons (Fsp3) is 0.333. The lowest BCUT2D eigenvalue weighted by atomic mass is 10.3. The molecule has 0 aliphatic heterocycles. The molecule has 0 aromatic heterocycles. The second kappa shape index (κ2) is 4.31. The van der Waals surface area contributed by atoms with Crippen LogP contribution in [0.1, 0.15) is 13.3 Å². The van der Waals surface area contributed by atoms with Gasteiger partial charge in [-0.1, -0.05) is 24.6 Å². The van der Waals surface area contributed by atoms with E-state index in [-0.39, 0.29) is 10.8 Å². The van der Waals surface area contributed by atoms with Crippen molar-refractivity contribution in [3.05, 3.63) is 29.0 Å². The van der Waals surface area contributed by atoms with Crippen LogP contribution in [0.15, 0.2) is 18.2 Å². The molecule has 12 heavy (non-hydrogen) atoms. The average Bonchev–Trinajstić information content (AvgIpc) is 2.08. The van der Waals surface area contributed by atoms with E-state index < -0.39 is 5.82 Å². The topological polar surface area (TPSA) is 9.23 Å². The van der Waals surface area contributed by atoms with Crippen LogP contribution in [0.25, 0.3) is 0 Å². The summed E-state index contributed by atoms with van der Waals surface area (Å²) in [4.78, 5) is 0. The summed E-state index contributed by atoms with van der Waals surface area (Å²) < 4.78 is 18.2. The third kappa shape index (κ3) is 2.11. The zero-order valence-electron chi connectivity index (χ0n) is 6.81. The maximum Gasteiger partial charge on any atom is 0.183 e. The van der Waals surface area contributed by atoms with E-state index in [1.165, 1.54) is 6.07 Å². The summed E-state index contributed by atoms with van der Waals surface area (Å²) in [6.07, 6.45) is 0.853. The molecule has 0 bridgehead atoms. The Morgan fingerprint density at radius 3 is 2.92 bits per heavy atom. The van der Waals surface area contributed by atoms with Crippen LogP contribution in [0, 0.1) is 5.82 Å². The summed E-state index contributed by atoms with van der Waals surface area (Å²) in [6.45, 7) is 2.47. The van der Waals surface area contributed by atoms with E-state index in [0.717, 1.165) is 6.42 Å². The molecule has 0 fully saturated rings. The van der Waals surface area contributed by atoms with Crippen molar-refractivity contribution in [1.82, 2.24) is 0 Å². The van der Waals surface area contributed by atoms with Crippen molar-refractivity contribution in [2.24, 2.45) is 0 Å². The number of hydrogen-bond acceptors (Lipinski definition) is 1. The molecule has 0 atom stereocenters. The molecular weight excluding hydrogens is 179 g/mol. The van der Waals surface area contributed by atoms with Gasteiger partial charge in [0.25, 0.3) is 0 Å². The molecule has 1 rings (SSSR count). The molecule has 0 saturated carbocycles. The first kappa shape index (κ1) is 9.33. The lowest BCUT2D eigenvalue weighted by Gasteiger charge is -2.05. The highest BCUT2D eigenvalue weighted by Gasteiger charge is 2.05. The van der Waals surface area contributed by atoms with E-state index in [2.05, 4.69) is 0 Å². The molecule has 0 aliphatic carbocycles. The quantitative estimate of drug-likeness (QED) is 0.708. The first-order chi connectivity index (χ1) is 5.75. The van der Waals surface area contributed by atoms with Gasteiger partial charge < -0.3 is 4.74 Å². The van der Waals surface area contributed by atoms with Crippen molar-refractivity contribution in [2.45, 2.75) is 13.3 Å². The Morgan fingerprint density at radius 1 is 1.50 bits per heavy atom. The highest BCUT2D eigenvalue weighted by Crippen LogP contribution is 2.23. The molecule has 0 saturated heterocycles. The monoisotopic (exact) mass is 188 g/mol. The van der Waals surface area contributed by atoms with Crippen LogP contribution in [0.3, 0.4) is 0 Å². The van der Waals surface area contributed by atoms with Crippen molar-refractivity contribution < 1.29 is 9.13 Å². The summed E-state index contributed by atoms with van der Waals surface area (Å²) >= 11 is 5.54. The van der Waals surface area contributed by atoms with Crippen LogP contribution >= 0.6 is 11.6 Å². The minimum Gasteiger partial charge on any atom is -0.490 e. The average molecular weight is 189 g/mol. The molecule has 1 nitrogen and oxygen atoms in total. The lowest BCUT2D eigenvalue weighted by molar-refractivity contribution is 0.301. The van der Waals surface area contributed by atoms with Gasteiger partial charge in [0.1, 0.15) is 0 Å². The molecule has 0 amide bonds. The van der Waals surface area contributed by atoms with Gasteiger partial charge in [0.2, 0.25) is 0 Å². The van der Waals surface area contributed by atoms with Crippen LogP contribution in [0.5, 0.6) is 5.75 Å². The summed E-state index contributed by atoms with van der Waals surface area (Å²) in [6, 6.07) is 4.73. The Hall–Kier alpha value is -0.760. The number of hydrogen-bond donors (Lipinski definition) is 0. The highest BCUT2D eigenvalue weighted by molar-refractivity contribution is 6.30. The van der Waals surface area contributed by atoms with Crippen LogP contribution in [0.2, 0.25) is 5.02 Å². The Bertz CT molecular complexity index is 263. The molecule has 0 aliphatic rings. The van der Waals surface area contributed by atoms with Crippen molar-refractivity contribution in [1.29, 1.82) is 0 Å². The Kier molecular flexibility index (Phi) is 3.35. The van der Waals surface area contributed by atoms with Crippen LogP contribution < -0.4 is 4.74 Å². The maximum atomic E-state index is 13.1. The predicted octanol–water partition coefficient (Wildman–Crippen LogP) is 3.27. The van der Waals surface area contributed by atoms with Crippen molar-refractivity contribution >= 4 is 11.6 Å². The third-order valence-electron chi connectivity index (χ3n) is 1.38. The SMILES string of the molecule is CCCOc1cccc(Cl)c1F. The summed E-state index contributed by atoms with van der Waals surface area (Å²) in [7, 11) is 0. The van der Waals surface area contributed by atoms with Crippen molar-refractivity contribution in [2.75, 3.05) is 6.61 Å². The van der Waals surface area contributed by atoms with E-state index in [9.17, 15) is 4.39 Å². The molecule has 66 valence electrons. The van der Waals surface area contributed by atoms with Gasteiger partial charge in [0.15, 0.2) is 11.6 Å². The lowest BCUT2D eigenvalue weighted by Crippen LogP contribution is -1.97. The van der Waals surface area contributed by atoms with E-state index in [0.29, 0.717) is 6.61 Å². The molecule has 0 spiro atoms. The number of benzene rings is 1. The molecule has 0 radical (unpaired) electrons. The van der Waals surface area contributed by atoms with E-state index >= 15 is 0 Å². The molecule has 3 heteroatoms. The third-order valence-corrected chi connectivity index (χ3v) is 1.67. The van der Waals surface area contributed by atoms with Gasteiger partial charge in [-0.05, 0) is 18.6 Å². The predicted molar refractivity (Wildman–Crippen MR) is 47.2 cm³/mol. The molecule has 0 N–H and O–H groups in total. The fourth-order valence-corrected chi connectivity index (χ4v) is 0.973. The zero-order valence-corrected chi connectivity index (χ0v) is 7.57. The van der Waals surface area contributed by atoms with E-state index in [4.69, 9.17) is 16.3 Å². The number of halogens is 2. The molecule has 0 heterocycles. The van der Waals surface area contributed by atoms with Gasteiger partial charge in [0.05, 0.1) is 11.6 Å². The normalized spacial score (nSPS) is 9.92. The molecule has 0 unspecified atom stereocenters. The van der Waals surface area contributed by atoms with Gasteiger partial charge >= 0.3 is 0 Å². The summed E-state index contributed by atoms with van der Waals surface area (Å²) in [5, 5.41) is 0.101. The zero-order chi connectivity index (χ0) is 8.97. The molecule has 1 aromatic rings. The second-order valence-corrected chi connectivity index (χ2v) is 2.81. The van der Waals surface area contributed by atoms with Crippen LogP contribution in [-0.2, 0) is 0 Å². The van der Waals surface area contributed by atoms with Gasteiger partial charge in [-0.2, -0.15) is 0 Å². The van der Waals surface area contributed by atoms with Crippen molar-refractivity contribution in [3.8, 4) is 5.75 Å². The van der Waals surface area contributed by atoms with Gasteiger partial charge in [-0.15, -0.1) is 0 Å². The maximum absolute atomic E-state index is 13.1. The van der Waals surface area contributed by atoms with Crippen LogP contribution in [-0.4, -0.2) is 6.61 Å². The van der Waals surface area contributed by atoms with Gasteiger partial charge in [-0.3, -0.25) is 0 Å². The Balaban J connectivity index is 2.78. The standard InChI is InChI=1S/C9H10ClFO/c1-2-6-12-8-5-3-4-7(10)9(8)11/h3-5H,2,6H2,1H3. The first-order valence-corrected chi connectivity index (χ1v) is 4.20. The number of ether oxygens (including phenoxy) is 1. The second-order valence-electron chi connectivity index (χ2n) is 2.40. The fourth-order valence-electron chi connectivity index (χ4n) is 0.808. The highest BCUT2D eigenvalue weighted by atomic mass is 35.5. The van der Waals surface area contributed by atoms with Gasteiger partial charge in [-0.25, -0.2) is 4.39 Å². The number of rotatable bonds is 3. The van der Waals surface area contributed by atoms with E-state index in [1.807, 2.05) is 6.92 Å². The smallest absolute Gasteiger partial charge is 0.183 e. The van der Waals surface area contributed by atoms with Crippen molar-refractivity contribution in [3.63, 3.8) is 0 Å². The van der Waals surface area contributed by atoms with Gasteiger partial charge in [0, 0.05) is 0 Å². The Labute approximate surface area is 76.1 Å². The first-order valence-electron chi connectivity index (χ1n) is 3.82.